The number of thioether (sulfide) groups is 1. The average molecular weight is 426 g/mol. The van der Waals surface area contributed by atoms with Crippen LogP contribution in [0.3, 0.4) is 0 Å². The normalized spacial score (nSPS) is 17.8. The maximum Gasteiger partial charge on any atom is 0.329 e. The highest BCUT2D eigenvalue weighted by molar-refractivity contribution is 7.98. The third-order valence-electron chi connectivity index (χ3n) is 4.58. The minimum Gasteiger partial charge on any atom is -0.480 e. The lowest BCUT2D eigenvalue weighted by Crippen LogP contribution is -2.53. The predicted molar refractivity (Wildman–Crippen MR) is 108 cm³/mol. The summed E-state index contributed by atoms with van der Waals surface area (Å²) in [7, 11) is 0. The summed E-state index contributed by atoms with van der Waals surface area (Å²) < 4.78 is 5.22. The zero-order chi connectivity index (χ0) is 21.4. The van der Waals surface area contributed by atoms with Gasteiger partial charge in [0.1, 0.15) is 12.1 Å². The highest BCUT2D eigenvalue weighted by atomic mass is 32.2. The lowest BCUT2D eigenvalue weighted by atomic mass is 10.0. The van der Waals surface area contributed by atoms with Gasteiger partial charge in [0.15, 0.2) is 6.04 Å². The number of carbonyl (C=O) groups excluding carboxylic acids is 2. The number of ether oxygens (including phenoxy) is 1. The number of hydrogen-bond acceptors (Lipinski definition) is 7. The van der Waals surface area contributed by atoms with Gasteiger partial charge >= 0.3 is 5.97 Å². The van der Waals surface area contributed by atoms with Gasteiger partial charge in [-0.05, 0) is 30.9 Å². The maximum absolute atomic E-state index is 12.4. The summed E-state index contributed by atoms with van der Waals surface area (Å²) in [4.78, 5) is 39.0. The molecule has 0 aliphatic carbocycles. The minimum absolute atomic E-state index is 0.133. The summed E-state index contributed by atoms with van der Waals surface area (Å²) >= 11 is 1.52. The number of aliphatic hydroxyl groups is 1. The Morgan fingerprint density at radius 1 is 1.17 bits per heavy atom. The van der Waals surface area contributed by atoms with E-state index in [2.05, 4.69) is 10.6 Å². The van der Waals surface area contributed by atoms with Gasteiger partial charge in [-0.15, -0.1) is 11.8 Å². The van der Waals surface area contributed by atoms with Gasteiger partial charge in [0.25, 0.3) is 0 Å². The van der Waals surface area contributed by atoms with Gasteiger partial charge in [-0.2, -0.15) is 0 Å². The summed E-state index contributed by atoms with van der Waals surface area (Å²) in [5.74, 6) is -2.39. The van der Waals surface area contributed by atoms with Crippen molar-refractivity contribution in [2.24, 2.45) is 0 Å². The van der Waals surface area contributed by atoms with E-state index < -0.39 is 30.1 Å². The van der Waals surface area contributed by atoms with E-state index in [-0.39, 0.29) is 12.5 Å². The molecule has 0 spiro atoms. The van der Waals surface area contributed by atoms with Crippen LogP contribution < -0.4 is 10.6 Å². The molecule has 2 rings (SSSR count). The fourth-order valence-electron chi connectivity index (χ4n) is 2.86. The zero-order valence-corrected chi connectivity index (χ0v) is 17.3. The number of nitrogens with one attached hydrogen (secondary N) is 2. The Bertz CT molecular complexity index is 708. The molecule has 160 valence electrons. The van der Waals surface area contributed by atoms with E-state index in [1.807, 2.05) is 11.2 Å². The number of rotatable bonds is 9. The second-order valence-electron chi connectivity index (χ2n) is 6.72. The highest BCUT2D eigenvalue weighted by Crippen LogP contribution is 2.21. The number of hydrogen-bond donors (Lipinski definition) is 4. The number of morpholine rings is 1. The lowest BCUT2D eigenvalue weighted by molar-refractivity contribution is -0.145. The average Bonchev–Trinajstić information content (AvgIpc) is 2.71. The van der Waals surface area contributed by atoms with Crippen LogP contribution in [0.15, 0.2) is 29.2 Å². The molecule has 0 radical (unpaired) electrons. The second kappa shape index (κ2) is 11.1. The summed E-state index contributed by atoms with van der Waals surface area (Å²) in [6.07, 6.45) is 0.476. The van der Waals surface area contributed by atoms with Crippen molar-refractivity contribution in [2.45, 2.75) is 30.0 Å². The molecule has 0 unspecified atom stereocenters. The quantitative estimate of drug-likeness (QED) is 0.402. The molecule has 1 saturated heterocycles. The van der Waals surface area contributed by atoms with Crippen molar-refractivity contribution in [1.82, 2.24) is 15.5 Å². The van der Waals surface area contributed by atoms with Crippen molar-refractivity contribution in [3.8, 4) is 0 Å². The molecule has 1 aromatic carbocycles. The zero-order valence-electron chi connectivity index (χ0n) is 16.5. The first-order valence-electron chi connectivity index (χ1n) is 9.26. The third kappa shape index (κ3) is 7.00. The topological polar surface area (TPSA) is 128 Å². The van der Waals surface area contributed by atoms with Crippen LogP contribution in [0, 0.1) is 0 Å². The molecule has 3 atom stereocenters. The van der Waals surface area contributed by atoms with Crippen LogP contribution in [-0.2, 0) is 19.1 Å². The molecule has 2 amide bonds. The number of benzene rings is 1. The molecule has 4 N–H and O–H groups in total. The van der Waals surface area contributed by atoms with Gasteiger partial charge in [-0.1, -0.05) is 12.1 Å². The Labute approximate surface area is 173 Å². The molecule has 9 nitrogen and oxygen atoms in total. The Balaban J connectivity index is 1.93. The van der Waals surface area contributed by atoms with Crippen LogP contribution >= 0.6 is 11.8 Å². The van der Waals surface area contributed by atoms with Crippen molar-refractivity contribution in [3.05, 3.63) is 29.8 Å². The molecule has 1 aliphatic heterocycles. The van der Waals surface area contributed by atoms with Gasteiger partial charge < -0.3 is 25.6 Å². The number of aliphatic carboxylic acids is 1. The maximum atomic E-state index is 12.4. The van der Waals surface area contributed by atoms with E-state index in [0.29, 0.717) is 31.9 Å². The molecule has 0 saturated carbocycles. The third-order valence-corrected chi connectivity index (χ3v) is 5.32. The first-order valence-corrected chi connectivity index (χ1v) is 10.5. The molecule has 1 aromatic rings. The predicted octanol–water partition coefficient (Wildman–Crippen LogP) is -0.152. The van der Waals surface area contributed by atoms with Gasteiger partial charge in [0.2, 0.25) is 11.8 Å². The van der Waals surface area contributed by atoms with E-state index in [0.717, 1.165) is 4.90 Å². The Morgan fingerprint density at radius 2 is 1.79 bits per heavy atom. The van der Waals surface area contributed by atoms with Crippen molar-refractivity contribution < 1.29 is 29.3 Å². The minimum atomic E-state index is -1.54. The van der Waals surface area contributed by atoms with Gasteiger partial charge in [0.05, 0.1) is 19.8 Å². The van der Waals surface area contributed by atoms with Gasteiger partial charge in [0, 0.05) is 18.0 Å². The Hall–Kier alpha value is -2.14. The number of nitrogens with zero attached hydrogens (tertiary/aromatic N) is 1. The van der Waals surface area contributed by atoms with E-state index in [9.17, 15) is 24.6 Å². The molecule has 0 aromatic heterocycles. The van der Waals surface area contributed by atoms with E-state index in [1.165, 1.54) is 18.7 Å². The summed E-state index contributed by atoms with van der Waals surface area (Å²) in [6, 6.07) is 4.27. The largest absolute Gasteiger partial charge is 0.480 e. The summed E-state index contributed by atoms with van der Waals surface area (Å²) in [6.45, 7) is 3.98. The molecule has 10 heteroatoms. The number of amides is 2. The van der Waals surface area contributed by atoms with Crippen molar-refractivity contribution in [2.75, 3.05) is 39.1 Å². The molecular formula is C19H27N3O6S. The fraction of sp³-hybridized carbons (Fsp3) is 0.526. The number of aliphatic hydroxyl groups excluding tert-OH is 1. The van der Waals surface area contributed by atoms with Crippen LogP contribution in [0.1, 0.15) is 18.6 Å². The number of carbonyl (C=O) groups is 3. The highest BCUT2D eigenvalue weighted by Gasteiger charge is 2.31. The summed E-state index contributed by atoms with van der Waals surface area (Å²) in [5, 5.41) is 24.7. The van der Waals surface area contributed by atoms with Crippen LogP contribution in [0.4, 0.5) is 0 Å². The molecular weight excluding hydrogens is 398 g/mol. The monoisotopic (exact) mass is 425 g/mol. The second-order valence-corrected chi connectivity index (χ2v) is 7.60. The van der Waals surface area contributed by atoms with E-state index in [4.69, 9.17) is 4.74 Å². The standard InChI is InChI=1S/C19H27N3O6S/c1-12(20-15(23)11-22-7-9-28-10-8-22)18(25)21-16(19(26)27)17(24)13-3-5-14(29-2)6-4-13/h3-6,12,16-17,24H,7-11H2,1-2H3,(H,20,23)(H,21,25)(H,26,27)/t12-,16-,17+/m0/s1. The molecule has 0 bridgehead atoms. The van der Waals surface area contributed by atoms with Gasteiger partial charge in [-0.25, -0.2) is 4.79 Å². The number of carboxylic acids is 1. The van der Waals surface area contributed by atoms with Crippen molar-refractivity contribution in [3.63, 3.8) is 0 Å². The molecule has 1 heterocycles. The van der Waals surface area contributed by atoms with E-state index >= 15 is 0 Å². The van der Waals surface area contributed by atoms with Crippen molar-refractivity contribution in [1.29, 1.82) is 0 Å². The summed E-state index contributed by atoms with van der Waals surface area (Å²) in [5.41, 5.74) is 0.375. The van der Waals surface area contributed by atoms with Crippen LogP contribution in [-0.4, -0.2) is 84.1 Å². The van der Waals surface area contributed by atoms with Crippen LogP contribution in [0.25, 0.3) is 0 Å². The van der Waals surface area contributed by atoms with Crippen LogP contribution in [0.5, 0.6) is 0 Å². The van der Waals surface area contributed by atoms with Gasteiger partial charge in [-0.3, -0.25) is 14.5 Å². The van der Waals surface area contributed by atoms with Crippen LogP contribution in [0.2, 0.25) is 0 Å². The molecule has 1 fully saturated rings. The van der Waals surface area contributed by atoms with E-state index in [1.54, 1.807) is 24.3 Å². The first kappa shape index (κ1) is 23.1. The number of carboxylic acid groups (broad SMARTS) is 1. The fourth-order valence-corrected chi connectivity index (χ4v) is 3.27. The molecule has 29 heavy (non-hydrogen) atoms. The Kier molecular flexibility index (Phi) is 8.90. The SMILES string of the molecule is CSc1ccc([C@@H](O)[C@H](NC(=O)[C@H](C)NC(=O)CN2CCOCC2)C(=O)O)cc1. The first-order chi connectivity index (χ1) is 13.8. The van der Waals surface area contributed by atoms with Crippen molar-refractivity contribution >= 4 is 29.5 Å². The smallest absolute Gasteiger partial charge is 0.329 e. The Morgan fingerprint density at radius 3 is 2.34 bits per heavy atom. The molecule has 1 aliphatic rings. The lowest BCUT2D eigenvalue weighted by Gasteiger charge is -2.27.